The zero-order chi connectivity index (χ0) is 23.6. The van der Waals surface area contributed by atoms with Gasteiger partial charge in [0, 0.05) is 19.3 Å². The molecule has 11 heteroatoms. The van der Waals surface area contributed by atoms with Gasteiger partial charge in [-0.25, -0.2) is 28.1 Å². The van der Waals surface area contributed by atoms with Crippen LogP contribution in [0, 0.1) is 11.7 Å². The Balaban J connectivity index is 2.30. The zero-order valence-corrected chi connectivity index (χ0v) is 19.6. The number of aryl methyl sites for hydroxylation is 1. The molecule has 0 aliphatic rings. The third-order valence-electron chi connectivity index (χ3n) is 5.10. The number of anilines is 1. The highest BCUT2D eigenvalue weighted by atomic mass is 32.2. The summed E-state index contributed by atoms with van der Waals surface area (Å²) in [5.41, 5.74) is 7.59. The van der Waals surface area contributed by atoms with Gasteiger partial charge in [-0.1, -0.05) is 43.7 Å². The molecule has 1 atom stereocenters. The Morgan fingerprint density at radius 2 is 1.84 bits per heavy atom. The van der Waals surface area contributed by atoms with Crippen LogP contribution in [0.3, 0.4) is 0 Å². The smallest absolute Gasteiger partial charge is 0.339 e. The predicted molar refractivity (Wildman–Crippen MR) is 124 cm³/mol. The predicted octanol–water partition coefficient (Wildman–Crippen LogP) is 2.66. The van der Waals surface area contributed by atoms with E-state index in [1.807, 2.05) is 45.0 Å². The highest BCUT2D eigenvalue weighted by Crippen LogP contribution is 2.22. The number of amides is 1. The molecule has 10 nitrogen and oxygen atoms in total. The van der Waals surface area contributed by atoms with Crippen LogP contribution in [0.15, 0.2) is 34.2 Å². The summed E-state index contributed by atoms with van der Waals surface area (Å²) in [6, 6.07) is 7.06. The second kappa shape index (κ2) is 9.11. The SMILES string of the molecule is CCCN(C)C(=O)n1c(=O)n(Cc2ccc(C)cc2)c2nc(S(=N)(=O)CCC)nc(N)c21. The van der Waals surface area contributed by atoms with Crippen LogP contribution >= 0.6 is 0 Å². The lowest BCUT2D eigenvalue weighted by atomic mass is 10.1. The van der Waals surface area contributed by atoms with Crippen LogP contribution in [-0.4, -0.2) is 53.6 Å². The quantitative estimate of drug-likeness (QED) is 0.521. The Kier molecular flexibility index (Phi) is 6.68. The van der Waals surface area contributed by atoms with Crippen molar-refractivity contribution in [2.75, 3.05) is 25.1 Å². The van der Waals surface area contributed by atoms with Crippen molar-refractivity contribution in [1.82, 2.24) is 24.0 Å². The fraction of sp³-hybridized carbons (Fsp3) is 0.429. The van der Waals surface area contributed by atoms with E-state index in [-0.39, 0.29) is 34.4 Å². The topological polar surface area (TPSA) is 140 Å². The van der Waals surface area contributed by atoms with Crippen molar-refractivity contribution >= 4 is 32.7 Å². The molecule has 3 aromatic rings. The van der Waals surface area contributed by atoms with Crippen LogP contribution in [0.1, 0.15) is 37.8 Å². The van der Waals surface area contributed by atoms with Crippen LogP contribution < -0.4 is 11.4 Å². The molecule has 3 N–H and O–H groups in total. The van der Waals surface area contributed by atoms with Crippen LogP contribution in [0.2, 0.25) is 0 Å². The fourth-order valence-electron chi connectivity index (χ4n) is 3.47. The normalized spacial score (nSPS) is 13.2. The van der Waals surface area contributed by atoms with Gasteiger partial charge in [0.25, 0.3) is 0 Å². The minimum atomic E-state index is -3.29. The first-order valence-electron chi connectivity index (χ1n) is 10.5. The van der Waals surface area contributed by atoms with E-state index in [1.54, 1.807) is 7.05 Å². The summed E-state index contributed by atoms with van der Waals surface area (Å²) in [5, 5.41) is -0.228. The number of nitrogens with two attached hydrogens (primary N) is 1. The maximum Gasteiger partial charge on any atom is 0.339 e. The highest BCUT2D eigenvalue weighted by Gasteiger charge is 2.27. The molecule has 0 radical (unpaired) electrons. The van der Waals surface area contributed by atoms with Crippen molar-refractivity contribution in [3.8, 4) is 0 Å². The lowest BCUT2D eigenvalue weighted by molar-refractivity contribution is 0.210. The minimum absolute atomic E-state index is 0.0607. The first kappa shape index (κ1) is 23.5. The van der Waals surface area contributed by atoms with Gasteiger partial charge in [-0.05, 0) is 25.3 Å². The first-order valence-corrected chi connectivity index (χ1v) is 12.2. The molecule has 0 saturated heterocycles. The van der Waals surface area contributed by atoms with Crippen LogP contribution in [0.25, 0.3) is 11.2 Å². The molecule has 0 saturated carbocycles. The molecule has 1 unspecified atom stereocenters. The van der Waals surface area contributed by atoms with E-state index in [9.17, 15) is 13.8 Å². The van der Waals surface area contributed by atoms with Gasteiger partial charge in [0.2, 0.25) is 5.16 Å². The molecular weight excluding hydrogens is 430 g/mol. The van der Waals surface area contributed by atoms with Gasteiger partial charge in [0.05, 0.1) is 6.54 Å². The number of nitrogens with zero attached hydrogens (tertiary/aromatic N) is 5. The minimum Gasteiger partial charge on any atom is -0.382 e. The molecule has 172 valence electrons. The van der Waals surface area contributed by atoms with Crippen molar-refractivity contribution in [2.24, 2.45) is 0 Å². The number of carbonyl (C=O) groups is 1. The number of benzene rings is 1. The molecule has 3 rings (SSSR count). The third-order valence-corrected chi connectivity index (χ3v) is 6.85. The van der Waals surface area contributed by atoms with E-state index in [4.69, 9.17) is 10.5 Å². The van der Waals surface area contributed by atoms with Gasteiger partial charge in [0.1, 0.15) is 15.2 Å². The standard InChI is InChI=1S/C21H29N7O3S/c1-5-11-26(4)20(29)28-16-17(22)24-19(32(23,31)12-6-2)25-18(16)27(21(28)30)13-15-9-7-14(3)8-10-15/h7-10,23H,5-6,11-13H2,1-4H3,(H2,22,24,25). The van der Waals surface area contributed by atoms with E-state index in [0.717, 1.165) is 15.7 Å². The van der Waals surface area contributed by atoms with Crippen molar-refractivity contribution in [1.29, 1.82) is 4.78 Å². The molecule has 0 spiro atoms. The number of fused-ring (bicyclic) bond motifs is 1. The Labute approximate surface area is 187 Å². The van der Waals surface area contributed by atoms with Crippen molar-refractivity contribution in [3.63, 3.8) is 0 Å². The number of hydrogen-bond acceptors (Lipinski definition) is 7. The fourth-order valence-corrected chi connectivity index (χ4v) is 4.71. The second-order valence-corrected chi connectivity index (χ2v) is 9.96. The molecule has 0 fully saturated rings. The van der Waals surface area contributed by atoms with Gasteiger partial charge in [-0.3, -0.25) is 4.57 Å². The Morgan fingerprint density at radius 1 is 1.19 bits per heavy atom. The van der Waals surface area contributed by atoms with Gasteiger partial charge in [0.15, 0.2) is 11.5 Å². The Hall–Kier alpha value is -3.21. The number of hydrogen-bond donors (Lipinski definition) is 2. The molecule has 2 aromatic heterocycles. The van der Waals surface area contributed by atoms with Crippen LogP contribution in [-0.2, 0) is 16.3 Å². The number of imidazole rings is 1. The van der Waals surface area contributed by atoms with Crippen molar-refractivity contribution < 1.29 is 9.00 Å². The van der Waals surface area contributed by atoms with E-state index >= 15 is 0 Å². The monoisotopic (exact) mass is 459 g/mol. The average Bonchev–Trinajstić information content (AvgIpc) is 3.01. The summed E-state index contributed by atoms with van der Waals surface area (Å²) in [7, 11) is -1.69. The number of carbonyl (C=O) groups excluding carboxylic acids is 1. The number of rotatable bonds is 7. The molecule has 0 aliphatic carbocycles. The maximum atomic E-state index is 13.4. The van der Waals surface area contributed by atoms with E-state index in [2.05, 4.69) is 9.97 Å². The largest absolute Gasteiger partial charge is 0.382 e. The maximum absolute atomic E-state index is 13.4. The van der Waals surface area contributed by atoms with Crippen molar-refractivity contribution in [3.05, 3.63) is 45.9 Å². The lowest BCUT2D eigenvalue weighted by Crippen LogP contribution is -2.38. The van der Waals surface area contributed by atoms with Gasteiger partial charge in [-0.15, -0.1) is 0 Å². The molecule has 0 bridgehead atoms. The zero-order valence-electron chi connectivity index (χ0n) is 18.8. The van der Waals surface area contributed by atoms with Crippen molar-refractivity contribution in [2.45, 2.75) is 45.3 Å². The molecule has 0 aliphatic heterocycles. The summed E-state index contributed by atoms with van der Waals surface area (Å²) in [6.07, 6.45) is 1.22. The summed E-state index contributed by atoms with van der Waals surface area (Å²) in [5.74, 6) is -0.0852. The van der Waals surface area contributed by atoms with E-state index in [0.29, 0.717) is 19.4 Å². The second-order valence-electron chi connectivity index (χ2n) is 7.84. The molecule has 1 amide bonds. The summed E-state index contributed by atoms with van der Waals surface area (Å²) in [4.78, 5) is 36.3. The molecule has 2 heterocycles. The average molecular weight is 460 g/mol. The number of aromatic nitrogens is 4. The highest BCUT2D eigenvalue weighted by molar-refractivity contribution is 7.92. The lowest BCUT2D eigenvalue weighted by Gasteiger charge is -2.16. The molecule has 1 aromatic carbocycles. The summed E-state index contributed by atoms with van der Waals surface area (Å²) < 4.78 is 23.3. The Morgan fingerprint density at radius 3 is 2.44 bits per heavy atom. The number of nitrogen functional groups attached to an aromatic ring is 1. The van der Waals surface area contributed by atoms with Crippen LogP contribution in [0.4, 0.5) is 10.6 Å². The van der Waals surface area contributed by atoms with E-state index < -0.39 is 21.4 Å². The number of nitrogens with one attached hydrogen (secondary N) is 1. The first-order chi connectivity index (χ1) is 15.1. The summed E-state index contributed by atoms with van der Waals surface area (Å²) >= 11 is 0. The molecular formula is C21H29N7O3S. The van der Waals surface area contributed by atoms with Gasteiger partial charge < -0.3 is 10.6 Å². The summed E-state index contributed by atoms with van der Waals surface area (Å²) in [6.45, 7) is 6.28. The third kappa shape index (κ3) is 4.38. The molecule has 32 heavy (non-hydrogen) atoms. The van der Waals surface area contributed by atoms with Gasteiger partial charge in [-0.2, -0.15) is 4.98 Å². The Bertz CT molecular complexity index is 1310. The van der Waals surface area contributed by atoms with E-state index in [1.165, 1.54) is 9.47 Å². The van der Waals surface area contributed by atoms with Crippen LogP contribution in [0.5, 0.6) is 0 Å². The van der Waals surface area contributed by atoms with Gasteiger partial charge >= 0.3 is 11.7 Å².